The third-order valence-corrected chi connectivity index (χ3v) is 4.01. The minimum absolute atomic E-state index is 0.813. The SMILES string of the molecule is C=Cc1ccc(N(c2cccc(OC)c2)c2cccc(OC)c2)cc1. The zero-order valence-electron chi connectivity index (χ0n) is 14.5. The van der Waals surface area contributed by atoms with Crippen molar-refractivity contribution in [1.29, 1.82) is 0 Å². The van der Waals surface area contributed by atoms with Gasteiger partial charge in [0.05, 0.1) is 14.2 Å². The molecule has 3 rings (SSSR count). The van der Waals surface area contributed by atoms with E-state index in [1.807, 2.05) is 42.5 Å². The van der Waals surface area contributed by atoms with Crippen LogP contribution in [0, 0.1) is 0 Å². The van der Waals surface area contributed by atoms with Crippen molar-refractivity contribution in [3.05, 3.63) is 84.9 Å². The topological polar surface area (TPSA) is 21.7 Å². The summed E-state index contributed by atoms with van der Waals surface area (Å²) in [6.07, 6.45) is 1.84. The highest BCUT2D eigenvalue weighted by molar-refractivity contribution is 5.78. The fourth-order valence-electron chi connectivity index (χ4n) is 2.71. The minimum atomic E-state index is 0.813. The van der Waals surface area contributed by atoms with Gasteiger partial charge in [0.15, 0.2) is 0 Å². The van der Waals surface area contributed by atoms with E-state index in [4.69, 9.17) is 9.47 Å². The molecule has 3 heteroatoms. The van der Waals surface area contributed by atoms with Crippen LogP contribution < -0.4 is 14.4 Å². The first-order valence-corrected chi connectivity index (χ1v) is 8.06. The molecule has 126 valence electrons. The highest BCUT2D eigenvalue weighted by Gasteiger charge is 2.13. The Balaban J connectivity index is 2.13. The lowest BCUT2D eigenvalue weighted by Gasteiger charge is -2.26. The van der Waals surface area contributed by atoms with Crippen LogP contribution >= 0.6 is 0 Å². The van der Waals surface area contributed by atoms with Gasteiger partial charge in [-0.1, -0.05) is 36.9 Å². The predicted molar refractivity (Wildman–Crippen MR) is 104 cm³/mol. The van der Waals surface area contributed by atoms with Crippen molar-refractivity contribution in [2.45, 2.75) is 0 Å². The molecule has 0 aliphatic rings. The molecule has 3 aromatic rings. The lowest BCUT2D eigenvalue weighted by Crippen LogP contribution is -2.10. The molecule has 0 aliphatic carbocycles. The standard InChI is InChI=1S/C22H21NO2/c1-4-17-11-13-18(14-12-17)23(19-7-5-9-21(15-19)24-2)20-8-6-10-22(16-20)25-3/h4-16H,1H2,2-3H3. The Labute approximate surface area is 148 Å². The summed E-state index contributed by atoms with van der Waals surface area (Å²) in [4.78, 5) is 2.16. The van der Waals surface area contributed by atoms with Crippen molar-refractivity contribution in [1.82, 2.24) is 0 Å². The number of methoxy groups -OCH3 is 2. The van der Waals surface area contributed by atoms with Gasteiger partial charge in [-0.15, -0.1) is 0 Å². The number of hydrogen-bond donors (Lipinski definition) is 0. The van der Waals surface area contributed by atoms with Crippen LogP contribution in [0.5, 0.6) is 11.5 Å². The number of anilines is 3. The van der Waals surface area contributed by atoms with Crippen LogP contribution in [0.4, 0.5) is 17.1 Å². The zero-order valence-corrected chi connectivity index (χ0v) is 14.5. The van der Waals surface area contributed by atoms with Crippen LogP contribution in [0.1, 0.15) is 5.56 Å². The van der Waals surface area contributed by atoms with E-state index in [2.05, 4.69) is 47.9 Å². The third-order valence-electron chi connectivity index (χ3n) is 4.01. The second-order valence-electron chi connectivity index (χ2n) is 5.53. The van der Waals surface area contributed by atoms with Gasteiger partial charge in [-0.2, -0.15) is 0 Å². The van der Waals surface area contributed by atoms with Crippen LogP contribution in [0.2, 0.25) is 0 Å². The molecule has 3 aromatic carbocycles. The summed E-state index contributed by atoms with van der Waals surface area (Å²) in [5, 5.41) is 0. The molecule has 0 radical (unpaired) electrons. The predicted octanol–water partition coefficient (Wildman–Crippen LogP) is 5.82. The lowest BCUT2D eigenvalue weighted by atomic mass is 10.1. The van der Waals surface area contributed by atoms with Crippen LogP contribution in [0.15, 0.2) is 79.4 Å². The summed E-state index contributed by atoms with van der Waals surface area (Å²) in [5.74, 6) is 1.63. The minimum Gasteiger partial charge on any atom is -0.497 e. The van der Waals surface area contributed by atoms with Gasteiger partial charge in [-0.05, 0) is 42.0 Å². The largest absolute Gasteiger partial charge is 0.497 e. The molecule has 0 unspecified atom stereocenters. The van der Waals surface area contributed by atoms with Crippen LogP contribution in [-0.4, -0.2) is 14.2 Å². The second-order valence-corrected chi connectivity index (χ2v) is 5.53. The Morgan fingerprint density at radius 1 is 0.720 bits per heavy atom. The summed E-state index contributed by atoms with van der Waals surface area (Å²) in [6.45, 7) is 3.82. The summed E-state index contributed by atoms with van der Waals surface area (Å²) in [6, 6.07) is 24.3. The summed E-state index contributed by atoms with van der Waals surface area (Å²) >= 11 is 0. The average molecular weight is 331 g/mol. The van der Waals surface area contributed by atoms with Gasteiger partial charge in [0, 0.05) is 29.2 Å². The molecule has 0 spiro atoms. The molecule has 0 N–H and O–H groups in total. The van der Waals surface area contributed by atoms with E-state index < -0.39 is 0 Å². The van der Waals surface area contributed by atoms with Crippen molar-refractivity contribution < 1.29 is 9.47 Å². The molecule has 0 heterocycles. The molecule has 0 amide bonds. The Hall–Kier alpha value is -3.20. The number of benzene rings is 3. The molecule has 0 saturated heterocycles. The smallest absolute Gasteiger partial charge is 0.120 e. The molecular weight excluding hydrogens is 310 g/mol. The quantitative estimate of drug-likeness (QED) is 0.568. The van der Waals surface area contributed by atoms with Crippen LogP contribution in [0.3, 0.4) is 0 Å². The van der Waals surface area contributed by atoms with E-state index in [1.54, 1.807) is 14.2 Å². The number of rotatable bonds is 6. The van der Waals surface area contributed by atoms with E-state index in [-0.39, 0.29) is 0 Å². The van der Waals surface area contributed by atoms with Crippen LogP contribution in [0.25, 0.3) is 6.08 Å². The highest BCUT2D eigenvalue weighted by atomic mass is 16.5. The van der Waals surface area contributed by atoms with E-state index >= 15 is 0 Å². The summed E-state index contributed by atoms with van der Waals surface area (Å²) in [5.41, 5.74) is 4.16. The number of hydrogen-bond acceptors (Lipinski definition) is 3. The van der Waals surface area contributed by atoms with E-state index in [0.29, 0.717) is 0 Å². The Kier molecular flexibility index (Phi) is 5.05. The molecule has 0 bridgehead atoms. The molecule has 0 atom stereocenters. The number of ether oxygens (including phenoxy) is 2. The maximum absolute atomic E-state index is 5.39. The number of nitrogens with zero attached hydrogens (tertiary/aromatic N) is 1. The van der Waals surface area contributed by atoms with Gasteiger partial charge < -0.3 is 14.4 Å². The van der Waals surface area contributed by atoms with E-state index in [9.17, 15) is 0 Å². The highest BCUT2D eigenvalue weighted by Crippen LogP contribution is 2.37. The molecular formula is C22H21NO2. The normalized spacial score (nSPS) is 10.2. The zero-order chi connectivity index (χ0) is 17.6. The molecule has 25 heavy (non-hydrogen) atoms. The van der Waals surface area contributed by atoms with Crippen LogP contribution in [-0.2, 0) is 0 Å². The molecule has 0 saturated carbocycles. The average Bonchev–Trinajstić information content (AvgIpc) is 2.69. The Bertz CT molecular complexity index is 808. The van der Waals surface area contributed by atoms with Crippen molar-refractivity contribution in [3.8, 4) is 11.5 Å². The molecule has 0 aliphatic heterocycles. The maximum Gasteiger partial charge on any atom is 0.120 e. The molecule has 0 aromatic heterocycles. The van der Waals surface area contributed by atoms with Gasteiger partial charge in [-0.3, -0.25) is 0 Å². The third kappa shape index (κ3) is 3.66. The first-order valence-electron chi connectivity index (χ1n) is 8.06. The molecule has 3 nitrogen and oxygen atoms in total. The van der Waals surface area contributed by atoms with Gasteiger partial charge in [-0.25, -0.2) is 0 Å². The van der Waals surface area contributed by atoms with Crippen molar-refractivity contribution in [2.24, 2.45) is 0 Å². The van der Waals surface area contributed by atoms with Crippen molar-refractivity contribution >= 4 is 23.1 Å². The lowest BCUT2D eigenvalue weighted by molar-refractivity contribution is 0.414. The summed E-state index contributed by atoms with van der Waals surface area (Å²) < 4.78 is 10.8. The van der Waals surface area contributed by atoms with Crippen molar-refractivity contribution in [3.63, 3.8) is 0 Å². The first-order chi connectivity index (χ1) is 12.2. The molecule has 0 fully saturated rings. The summed E-state index contributed by atoms with van der Waals surface area (Å²) in [7, 11) is 3.35. The monoisotopic (exact) mass is 331 g/mol. The second kappa shape index (κ2) is 7.58. The maximum atomic E-state index is 5.39. The Morgan fingerprint density at radius 2 is 1.24 bits per heavy atom. The van der Waals surface area contributed by atoms with Gasteiger partial charge in [0.1, 0.15) is 11.5 Å². The van der Waals surface area contributed by atoms with Gasteiger partial charge >= 0.3 is 0 Å². The van der Waals surface area contributed by atoms with Gasteiger partial charge in [0.2, 0.25) is 0 Å². The van der Waals surface area contributed by atoms with Gasteiger partial charge in [0.25, 0.3) is 0 Å². The van der Waals surface area contributed by atoms with Crippen molar-refractivity contribution in [2.75, 3.05) is 19.1 Å². The fourth-order valence-corrected chi connectivity index (χ4v) is 2.71. The Morgan fingerprint density at radius 3 is 1.68 bits per heavy atom. The first kappa shape index (κ1) is 16.7. The van der Waals surface area contributed by atoms with E-state index in [0.717, 1.165) is 34.1 Å². The van der Waals surface area contributed by atoms with E-state index in [1.165, 1.54) is 0 Å². The fraction of sp³-hybridized carbons (Fsp3) is 0.0909.